The molecule has 8 heteroatoms. The van der Waals surface area contributed by atoms with E-state index in [4.69, 9.17) is 4.52 Å². The fourth-order valence-electron chi connectivity index (χ4n) is 2.64. The number of amides is 1. The van der Waals surface area contributed by atoms with E-state index in [9.17, 15) is 4.79 Å². The highest BCUT2D eigenvalue weighted by Gasteiger charge is 2.12. The van der Waals surface area contributed by atoms with Gasteiger partial charge < -0.3 is 9.84 Å². The van der Waals surface area contributed by atoms with Crippen molar-refractivity contribution in [3.8, 4) is 0 Å². The van der Waals surface area contributed by atoms with Gasteiger partial charge in [0, 0.05) is 18.5 Å². The van der Waals surface area contributed by atoms with Crippen LogP contribution in [0.5, 0.6) is 0 Å². The zero-order valence-corrected chi connectivity index (χ0v) is 16.8. The van der Waals surface area contributed by atoms with E-state index >= 15 is 0 Å². The molecule has 6 nitrogen and oxygen atoms in total. The predicted molar refractivity (Wildman–Crippen MR) is 112 cm³/mol. The third kappa shape index (κ3) is 4.58. The maximum Gasteiger partial charge on any atom is 0.227 e. The second kappa shape index (κ2) is 8.53. The van der Waals surface area contributed by atoms with E-state index < -0.39 is 0 Å². The van der Waals surface area contributed by atoms with Crippen molar-refractivity contribution < 1.29 is 9.32 Å². The molecule has 142 valence electrons. The quantitative estimate of drug-likeness (QED) is 0.439. The van der Waals surface area contributed by atoms with Crippen molar-refractivity contribution in [2.75, 3.05) is 5.32 Å². The highest BCUT2D eigenvalue weighted by Crippen LogP contribution is 2.30. The van der Waals surface area contributed by atoms with Crippen LogP contribution in [0.1, 0.15) is 23.7 Å². The van der Waals surface area contributed by atoms with E-state index in [0.29, 0.717) is 30.3 Å². The second-order valence-corrected chi connectivity index (χ2v) is 8.46. The highest BCUT2D eigenvalue weighted by atomic mass is 32.2. The first-order valence-electron chi connectivity index (χ1n) is 8.83. The predicted octanol–water partition coefficient (Wildman–Crippen LogP) is 4.85. The number of anilines is 1. The Labute approximate surface area is 170 Å². The molecule has 0 aliphatic carbocycles. The zero-order chi connectivity index (χ0) is 19.3. The molecule has 0 aliphatic rings. The van der Waals surface area contributed by atoms with Gasteiger partial charge in [-0.05, 0) is 30.7 Å². The highest BCUT2D eigenvalue weighted by molar-refractivity contribution is 8.00. The van der Waals surface area contributed by atoms with Crippen LogP contribution in [0.25, 0.3) is 10.2 Å². The Balaban J connectivity index is 1.28. The Bertz CT molecular complexity index is 1070. The van der Waals surface area contributed by atoms with E-state index in [1.807, 2.05) is 49.4 Å². The van der Waals surface area contributed by atoms with Crippen LogP contribution in [0, 0.1) is 6.92 Å². The van der Waals surface area contributed by atoms with Gasteiger partial charge in [-0.15, -0.1) is 11.3 Å². The van der Waals surface area contributed by atoms with Crippen LogP contribution in [0.2, 0.25) is 0 Å². The average Bonchev–Trinajstić information content (AvgIpc) is 3.33. The summed E-state index contributed by atoms with van der Waals surface area (Å²) in [6, 6.07) is 15.7. The van der Waals surface area contributed by atoms with E-state index in [1.54, 1.807) is 23.1 Å². The Morgan fingerprint density at radius 3 is 2.82 bits per heavy atom. The molecular weight excluding hydrogens is 392 g/mol. The molecule has 0 radical (unpaired) electrons. The van der Waals surface area contributed by atoms with Gasteiger partial charge in [-0.2, -0.15) is 4.98 Å². The van der Waals surface area contributed by atoms with Crippen molar-refractivity contribution in [2.45, 2.75) is 29.9 Å². The summed E-state index contributed by atoms with van der Waals surface area (Å²) in [7, 11) is 0. The lowest BCUT2D eigenvalue weighted by Crippen LogP contribution is -2.13. The van der Waals surface area contributed by atoms with Crippen LogP contribution in [0.15, 0.2) is 57.4 Å². The fourth-order valence-corrected chi connectivity index (χ4v) is 4.55. The first-order chi connectivity index (χ1) is 13.7. The van der Waals surface area contributed by atoms with Crippen LogP contribution in [-0.2, 0) is 17.0 Å². The topological polar surface area (TPSA) is 80.9 Å². The first-order valence-corrected chi connectivity index (χ1v) is 10.6. The van der Waals surface area contributed by atoms with Crippen LogP contribution >= 0.6 is 23.1 Å². The van der Waals surface area contributed by atoms with Gasteiger partial charge in [-0.3, -0.25) is 4.79 Å². The maximum atomic E-state index is 12.1. The molecule has 0 fully saturated rings. The SMILES string of the molecule is Cc1ccccc1NC(=O)CCc1nc(CSc2nc3ccccc3s2)no1. The number of carbonyl (C=O) groups is 1. The maximum absolute atomic E-state index is 12.1. The average molecular weight is 411 g/mol. The number of hydrogen-bond donors (Lipinski definition) is 1. The van der Waals surface area contributed by atoms with E-state index in [-0.39, 0.29) is 5.91 Å². The van der Waals surface area contributed by atoms with Gasteiger partial charge in [0.05, 0.1) is 16.0 Å². The number of para-hydroxylation sites is 2. The molecule has 0 aliphatic heterocycles. The number of aryl methyl sites for hydroxylation is 2. The van der Waals surface area contributed by atoms with Gasteiger partial charge in [0.25, 0.3) is 0 Å². The Hall–Kier alpha value is -2.71. The van der Waals surface area contributed by atoms with E-state index in [1.165, 1.54) is 4.70 Å². The van der Waals surface area contributed by atoms with Crippen LogP contribution in [-0.4, -0.2) is 21.0 Å². The van der Waals surface area contributed by atoms with Crippen LogP contribution < -0.4 is 5.32 Å². The third-order valence-corrected chi connectivity index (χ3v) is 6.27. The van der Waals surface area contributed by atoms with Crippen molar-refractivity contribution in [3.63, 3.8) is 0 Å². The van der Waals surface area contributed by atoms with E-state index in [2.05, 4.69) is 26.5 Å². The van der Waals surface area contributed by atoms with Crippen LogP contribution in [0.4, 0.5) is 5.69 Å². The lowest BCUT2D eigenvalue weighted by atomic mass is 10.2. The number of thioether (sulfide) groups is 1. The monoisotopic (exact) mass is 410 g/mol. The molecule has 2 heterocycles. The number of aromatic nitrogens is 3. The summed E-state index contributed by atoms with van der Waals surface area (Å²) in [6.07, 6.45) is 0.706. The smallest absolute Gasteiger partial charge is 0.227 e. The molecular formula is C20H18N4O2S2. The summed E-state index contributed by atoms with van der Waals surface area (Å²) in [5.41, 5.74) is 2.86. The van der Waals surface area contributed by atoms with Crippen molar-refractivity contribution in [3.05, 3.63) is 65.8 Å². The number of fused-ring (bicyclic) bond motifs is 1. The molecule has 28 heavy (non-hydrogen) atoms. The molecule has 0 atom stereocenters. The minimum absolute atomic E-state index is 0.0714. The van der Waals surface area contributed by atoms with Gasteiger partial charge in [0.2, 0.25) is 11.8 Å². The molecule has 0 saturated heterocycles. The molecule has 1 amide bonds. The van der Waals surface area contributed by atoms with Crippen molar-refractivity contribution >= 4 is 44.9 Å². The Morgan fingerprint density at radius 1 is 1.14 bits per heavy atom. The largest absolute Gasteiger partial charge is 0.339 e. The number of benzene rings is 2. The Morgan fingerprint density at radius 2 is 1.96 bits per heavy atom. The molecule has 2 aromatic carbocycles. The number of hydrogen-bond acceptors (Lipinski definition) is 7. The lowest BCUT2D eigenvalue weighted by Gasteiger charge is -2.06. The Kier molecular flexibility index (Phi) is 5.68. The number of rotatable bonds is 7. The lowest BCUT2D eigenvalue weighted by molar-refractivity contribution is -0.116. The van der Waals surface area contributed by atoms with Crippen molar-refractivity contribution in [1.29, 1.82) is 0 Å². The second-order valence-electron chi connectivity index (χ2n) is 6.20. The van der Waals surface area contributed by atoms with Gasteiger partial charge >= 0.3 is 0 Å². The van der Waals surface area contributed by atoms with Gasteiger partial charge in [-0.25, -0.2) is 4.98 Å². The van der Waals surface area contributed by atoms with E-state index in [0.717, 1.165) is 21.1 Å². The van der Waals surface area contributed by atoms with Crippen molar-refractivity contribution in [2.24, 2.45) is 0 Å². The minimum atomic E-state index is -0.0714. The van der Waals surface area contributed by atoms with Gasteiger partial charge in [0.1, 0.15) is 0 Å². The number of carbonyl (C=O) groups excluding carboxylic acids is 1. The number of nitrogens with one attached hydrogen (secondary N) is 1. The van der Waals surface area contributed by atoms with Gasteiger partial charge in [-0.1, -0.05) is 47.3 Å². The molecule has 0 unspecified atom stereocenters. The summed E-state index contributed by atoms with van der Waals surface area (Å²) in [6.45, 7) is 1.96. The normalized spacial score (nSPS) is 11.0. The summed E-state index contributed by atoms with van der Waals surface area (Å²) in [5.74, 6) is 1.59. The molecule has 0 saturated carbocycles. The first kappa shape index (κ1) is 18.6. The number of nitrogens with zero attached hydrogens (tertiary/aromatic N) is 3. The summed E-state index contributed by atoms with van der Waals surface area (Å²) < 4.78 is 7.41. The summed E-state index contributed by atoms with van der Waals surface area (Å²) in [4.78, 5) is 21.1. The summed E-state index contributed by atoms with van der Waals surface area (Å²) >= 11 is 3.24. The molecule has 4 rings (SSSR count). The zero-order valence-electron chi connectivity index (χ0n) is 15.2. The molecule has 0 spiro atoms. The van der Waals surface area contributed by atoms with Crippen molar-refractivity contribution in [1.82, 2.24) is 15.1 Å². The molecule has 2 aromatic heterocycles. The molecule has 0 bridgehead atoms. The molecule has 1 N–H and O–H groups in total. The fraction of sp³-hybridized carbons (Fsp3) is 0.200. The molecule has 4 aromatic rings. The minimum Gasteiger partial charge on any atom is -0.339 e. The summed E-state index contributed by atoms with van der Waals surface area (Å²) in [5, 5.41) is 6.91. The number of thiazole rings is 1. The van der Waals surface area contributed by atoms with Crippen LogP contribution in [0.3, 0.4) is 0 Å². The standard InChI is InChI=1S/C20H18N4O2S2/c1-13-6-2-3-7-14(13)21-18(25)10-11-19-23-17(24-26-19)12-27-20-22-15-8-4-5-9-16(15)28-20/h2-9H,10-12H2,1H3,(H,21,25). The third-order valence-electron chi connectivity index (χ3n) is 4.09. The van der Waals surface area contributed by atoms with Gasteiger partial charge in [0.15, 0.2) is 10.2 Å².